The Balaban J connectivity index is 2.28. The molecule has 1 unspecified atom stereocenters. The first-order chi connectivity index (χ1) is 9.93. The van der Waals surface area contributed by atoms with Gasteiger partial charge in [-0.05, 0) is 30.7 Å². The minimum atomic E-state index is -0.726. The molecule has 1 aromatic carbocycles. The second kappa shape index (κ2) is 6.72. The molecule has 1 aliphatic heterocycles. The van der Waals surface area contributed by atoms with Crippen molar-refractivity contribution in [3.8, 4) is 0 Å². The molecule has 21 heavy (non-hydrogen) atoms. The lowest BCUT2D eigenvalue weighted by molar-refractivity contribution is -0.147. The zero-order valence-electron chi connectivity index (χ0n) is 11.3. The summed E-state index contributed by atoms with van der Waals surface area (Å²) in [5.74, 6) is -0.766. The lowest BCUT2D eigenvalue weighted by atomic mass is 10.2. The fourth-order valence-corrected chi connectivity index (χ4v) is 3.67. The summed E-state index contributed by atoms with van der Waals surface area (Å²) in [5.41, 5.74) is 0.885. The minimum absolute atomic E-state index is 0.275. The van der Waals surface area contributed by atoms with E-state index in [1.807, 2.05) is 24.3 Å². The van der Waals surface area contributed by atoms with Crippen LogP contribution in [0.15, 0.2) is 33.6 Å². The van der Waals surface area contributed by atoms with Crippen LogP contribution in [0.2, 0.25) is 0 Å². The molecule has 1 fully saturated rings. The van der Waals surface area contributed by atoms with Crippen molar-refractivity contribution >= 4 is 62.2 Å². The SMILES string of the molecule is COC(=O)C(C)N1C(=O)/C(=C/c2cccc(Br)c2)SC1=S. The monoisotopic (exact) mass is 385 g/mol. The molecule has 0 spiro atoms. The quantitative estimate of drug-likeness (QED) is 0.454. The predicted molar refractivity (Wildman–Crippen MR) is 90.6 cm³/mol. The van der Waals surface area contributed by atoms with Crippen LogP contribution in [0.5, 0.6) is 0 Å². The molecule has 0 bridgehead atoms. The number of amides is 1. The van der Waals surface area contributed by atoms with E-state index in [4.69, 9.17) is 12.2 Å². The number of carbonyl (C=O) groups is 2. The Labute approximate surface area is 140 Å². The van der Waals surface area contributed by atoms with E-state index in [2.05, 4.69) is 20.7 Å². The summed E-state index contributed by atoms with van der Waals surface area (Å²) in [5, 5.41) is 0. The zero-order chi connectivity index (χ0) is 15.6. The molecule has 0 aromatic heterocycles. The third-order valence-corrected chi connectivity index (χ3v) is 4.72. The largest absolute Gasteiger partial charge is 0.467 e. The first-order valence-electron chi connectivity index (χ1n) is 6.04. The van der Waals surface area contributed by atoms with Gasteiger partial charge in [0.25, 0.3) is 5.91 Å². The molecular formula is C14H12BrNO3S2. The number of hydrogen-bond donors (Lipinski definition) is 0. The van der Waals surface area contributed by atoms with Gasteiger partial charge in [0, 0.05) is 4.47 Å². The van der Waals surface area contributed by atoms with Crippen molar-refractivity contribution in [2.75, 3.05) is 7.11 Å². The number of hydrogen-bond acceptors (Lipinski definition) is 5. The van der Waals surface area contributed by atoms with Gasteiger partial charge in [-0.3, -0.25) is 9.69 Å². The van der Waals surface area contributed by atoms with E-state index < -0.39 is 12.0 Å². The van der Waals surface area contributed by atoms with E-state index in [0.717, 1.165) is 10.0 Å². The van der Waals surface area contributed by atoms with Gasteiger partial charge in [0.15, 0.2) is 0 Å². The maximum atomic E-state index is 12.4. The van der Waals surface area contributed by atoms with Gasteiger partial charge in [-0.2, -0.15) is 0 Å². The lowest BCUT2D eigenvalue weighted by Crippen LogP contribution is -2.42. The number of rotatable bonds is 3. The molecule has 0 N–H and O–H groups in total. The van der Waals surface area contributed by atoms with Crippen LogP contribution in [0, 0.1) is 0 Å². The van der Waals surface area contributed by atoms with Crippen molar-refractivity contribution in [3.63, 3.8) is 0 Å². The molecule has 0 aliphatic carbocycles. The average molecular weight is 386 g/mol. The van der Waals surface area contributed by atoms with Crippen molar-refractivity contribution in [2.45, 2.75) is 13.0 Å². The standard InChI is InChI=1S/C14H12BrNO3S2/c1-8(13(18)19-2)16-12(17)11(21-14(16)20)7-9-4-3-5-10(15)6-9/h3-8H,1-2H3/b11-7-. The molecule has 1 aliphatic rings. The van der Waals surface area contributed by atoms with E-state index in [9.17, 15) is 9.59 Å². The molecule has 4 nitrogen and oxygen atoms in total. The summed E-state index contributed by atoms with van der Waals surface area (Å²) >= 11 is 9.76. The number of thioether (sulfide) groups is 1. The van der Waals surface area contributed by atoms with Crippen LogP contribution >= 0.6 is 39.9 Å². The number of methoxy groups -OCH3 is 1. The highest BCUT2D eigenvalue weighted by molar-refractivity contribution is 9.10. The van der Waals surface area contributed by atoms with Crippen LogP contribution in [0.25, 0.3) is 6.08 Å². The third kappa shape index (κ3) is 3.53. The van der Waals surface area contributed by atoms with E-state index in [-0.39, 0.29) is 5.91 Å². The highest BCUT2D eigenvalue weighted by Gasteiger charge is 2.38. The first kappa shape index (κ1) is 16.2. The Bertz CT molecular complexity index is 645. The Kier molecular flexibility index (Phi) is 5.18. The number of esters is 1. The van der Waals surface area contributed by atoms with Crippen molar-refractivity contribution < 1.29 is 14.3 Å². The van der Waals surface area contributed by atoms with Gasteiger partial charge >= 0.3 is 5.97 Å². The molecule has 1 saturated heterocycles. The van der Waals surface area contributed by atoms with Gasteiger partial charge < -0.3 is 4.74 Å². The lowest BCUT2D eigenvalue weighted by Gasteiger charge is -2.20. The molecule has 0 radical (unpaired) electrons. The Morgan fingerprint density at radius 3 is 2.86 bits per heavy atom. The smallest absolute Gasteiger partial charge is 0.328 e. The van der Waals surface area contributed by atoms with Gasteiger partial charge in [-0.15, -0.1) is 0 Å². The first-order valence-corrected chi connectivity index (χ1v) is 8.06. The number of benzene rings is 1. The Morgan fingerprint density at radius 1 is 1.52 bits per heavy atom. The highest BCUT2D eigenvalue weighted by atomic mass is 79.9. The summed E-state index contributed by atoms with van der Waals surface area (Å²) in [6, 6.07) is 6.85. The van der Waals surface area contributed by atoms with Crippen LogP contribution < -0.4 is 0 Å². The average Bonchev–Trinajstić information content (AvgIpc) is 2.72. The molecule has 1 aromatic rings. The molecule has 0 saturated carbocycles. The minimum Gasteiger partial charge on any atom is -0.467 e. The number of halogens is 1. The molecule has 1 amide bonds. The number of carbonyl (C=O) groups excluding carboxylic acids is 2. The van der Waals surface area contributed by atoms with Gasteiger partial charge in [0.1, 0.15) is 10.4 Å². The number of ether oxygens (including phenoxy) is 1. The number of nitrogens with zero attached hydrogens (tertiary/aromatic N) is 1. The van der Waals surface area contributed by atoms with E-state index >= 15 is 0 Å². The van der Waals surface area contributed by atoms with E-state index in [1.165, 1.54) is 23.8 Å². The Morgan fingerprint density at radius 2 is 2.24 bits per heavy atom. The van der Waals surface area contributed by atoms with Crippen LogP contribution in [-0.2, 0) is 14.3 Å². The van der Waals surface area contributed by atoms with E-state index in [1.54, 1.807) is 13.0 Å². The summed E-state index contributed by atoms with van der Waals surface area (Å²) in [6.45, 7) is 1.60. The van der Waals surface area contributed by atoms with Crippen molar-refractivity contribution in [1.29, 1.82) is 0 Å². The topological polar surface area (TPSA) is 46.6 Å². The van der Waals surface area contributed by atoms with Crippen LogP contribution in [0.3, 0.4) is 0 Å². The second-order valence-electron chi connectivity index (χ2n) is 4.31. The third-order valence-electron chi connectivity index (χ3n) is 2.90. The van der Waals surface area contributed by atoms with E-state index in [0.29, 0.717) is 9.23 Å². The fraction of sp³-hybridized carbons (Fsp3) is 0.214. The maximum absolute atomic E-state index is 12.4. The summed E-state index contributed by atoms with van der Waals surface area (Å²) in [7, 11) is 1.29. The van der Waals surface area contributed by atoms with Crippen molar-refractivity contribution in [2.24, 2.45) is 0 Å². The van der Waals surface area contributed by atoms with Crippen molar-refractivity contribution in [1.82, 2.24) is 4.90 Å². The van der Waals surface area contributed by atoms with Gasteiger partial charge in [-0.1, -0.05) is 52.0 Å². The summed E-state index contributed by atoms with van der Waals surface area (Å²) in [4.78, 5) is 25.8. The van der Waals surface area contributed by atoms with Crippen LogP contribution in [0.4, 0.5) is 0 Å². The Hall–Kier alpha value is -1.18. The maximum Gasteiger partial charge on any atom is 0.328 e. The van der Waals surface area contributed by atoms with Crippen LogP contribution in [0.1, 0.15) is 12.5 Å². The normalized spacial score (nSPS) is 18.2. The zero-order valence-corrected chi connectivity index (χ0v) is 14.5. The predicted octanol–water partition coefficient (Wildman–Crippen LogP) is 3.21. The van der Waals surface area contributed by atoms with Gasteiger partial charge in [0.05, 0.1) is 12.0 Å². The molecule has 7 heteroatoms. The van der Waals surface area contributed by atoms with Crippen LogP contribution in [-0.4, -0.2) is 34.2 Å². The molecule has 1 heterocycles. The molecule has 110 valence electrons. The summed E-state index contributed by atoms with van der Waals surface area (Å²) < 4.78 is 5.95. The molecule has 2 rings (SSSR count). The van der Waals surface area contributed by atoms with Gasteiger partial charge in [-0.25, -0.2) is 4.79 Å². The number of thiocarbonyl (C=S) groups is 1. The molecular weight excluding hydrogens is 374 g/mol. The second-order valence-corrected chi connectivity index (χ2v) is 6.90. The van der Waals surface area contributed by atoms with Crippen molar-refractivity contribution in [3.05, 3.63) is 39.2 Å². The van der Waals surface area contributed by atoms with Gasteiger partial charge in [0.2, 0.25) is 0 Å². The molecule has 1 atom stereocenters. The summed E-state index contributed by atoms with van der Waals surface area (Å²) in [6.07, 6.45) is 1.76. The highest BCUT2D eigenvalue weighted by Crippen LogP contribution is 2.34. The fourth-order valence-electron chi connectivity index (χ4n) is 1.84.